The summed E-state index contributed by atoms with van der Waals surface area (Å²) in [7, 11) is 1.57. The molecule has 3 heterocycles. The Labute approximate surface area is 213 Å². The van der Waals surface area contributed by atoms with E-state index in [0.717, 1.165) is 36.7 Å². The zero-order valence-electron chi connectivity index (χ0n) is 20.3. The van der Waals surface area contributed by atoms with Crippen LogP contribution in [0, 0.1) is 12.8 Å². The first-order valence-electron chi connectivity index (χ1n) is 12.1. The number of methoxy groups -OCH3 is 1. The second-order valence-electron chi connectivity index (χ2n) is 9.25. The maximum Gasteiger partial charge on any atom is 0.333 e. The first-order chi connectivity index (χ1) is 17.4. The third-order valence-electron chi connectivity index (χ3n) is 6.94. The topological polar surface area (TPSA) is 91.0 Å². The zero-order chi connectivity index (χ0) is 25.2. The average Bonchev–Trinajstić information content (AvgIpc) is 3.17. The molecule has 1 amide bonds. The smallest absolute Gasteiger partial charge is 0.333 e. The molecule has 1 aliphatic carbocycles. The lowest BCUT2D eigenvalue weighted by atomic mass is 9.85. The van der Waals surface area contributed by atoms with E-state index >= 15 is 0 Å². The molecule has 0 radical (unpaired) electrons. The van der Waals surface area contributed by atoms with Crippen molar-refractivity contribution in [3.05, 3.63) is 81.6 Å². The van der Waals surface area contributed by atoms with Crippen molar-refractivity contribution in [2.45, 2.75) is 45.2 Å². The Hall–Kier alpha value is -3.65. The fourth-order valence-electron chi connectivity index (χ4n) is 5.01. The number of hydrogen-bond donors (Lipinski definition) is 1. The molecule has 0 unspecified atom stereocenters. The number of nitrogens with one attached hydrogen (secondary N) is 1. The molecule has 1 saturated carbocycles. The molecule has 1 N–H and O–H groups in total. The van der Waals surface area contributed by atoms with Crippen LogP contribution in [0.1, 0.15) is 41.7 Å². The van der Waals surface area contributed by atoms with Crippen LogP contribution in [0.5, 0.6) is 5.88 Å². The Bertz CT molecular complexity index is 1450. The Kier molecular flexibility index (Phi) is 6.78. The van der Waals surface area contributed by atoms with Crippen LogP contribution in [-0.2, 0) is 6.54 Å². The molecule has 1 aromatic carbocycles. The largest absolute Gasteiger partial charge is 0.481 e. The summed E-state index contributed by atoms with van der Waals surface area (Å²) in [4.78, 5) is 34.7. The van der Waals surface area contributed by atoms with E-state index in [1.165, 1.54) is 0 Å². The average molecular weight is 506 g/mol. The molecule has 9 heteroatoms. The van der Waals surface area contributed by atoms with Crippen molar-refractivity contribution in [3.63, 3.8) is 0 Å². The summed E-state index contributed by atoms with van der Waals surface area (Å²) in [5.41, 5.74) is 3.54. The molecule has 1 fully saturated rings. The van der Waals surface area contributed by atoms with E-state index in [4.69, 9.17) is 16.3 Å². The predicted octanol–water partition coefficient (Wildman–Crippen LogP) is 4.54. The first kappa shape index (κ1) is 24.1. The molecule has 3 aromatic heterocycles. The fraction of sp³-hybridized carbons (Fsp3) is 0.333. The van der Waals surface area contributed by atoms with Crippen molar-refractivity contribution in [2.24, 2.45) is 5.92 Å². The molecule has 4 aromatic rings. The number of aromatic nitrogens is 4. The molecule has 5 rings (SSSR count). The van der Waals surface area contributed by atoms with E-state index in [1.807, 2.05) is 34.9 Å². The van der Waals surface area contributed by atoms with Gasteiger partial charge in [0.1, 0.15) is 0 Å². The number of amides is 1. The Morgan fingerprint density at radius 2 is 1.83 bits per heavy atom. The van der Waals surface area contributed by atoms with Crippen molar-refractivity contribution in [1.29, 1.82) is 0 Å². The Morgan fingerprint density at radius 1 is 1.08 bits per heavy atom. The van der Waals surface area contributed by atoms with Gasteiger partial charge in [0.05, 0.1) is 46.3 Å². The minimum absolute atomic E-state index is 0.0810. The molecule has 186 valence electrons. The van der Waals surface area contributed by atoms with Gasteiger partial charge in [0.25, 0.3) is 5.91 Å². The van der Waals surface area contributed by atoms with Gasteiger partial charge >= 0.3 is 5.69 Å². The zero-order valence-corrected chi connectivity index (χ0v) is 21.0. The van der Waals surface area contributed by atoms with Gasteiger partial charge < -0.3 is 10.1 Å². The normalized spacial score (nSPS) is 17.8. The van der Waals surface area contributed by atoms with Gasteiger partial charge in [-0.25, -0.2) is 9.78 Å². The van der Waals surface area contributed by atoms with E-state index in [2.05, 4.69) is 15.3 Å². The molecule has 0 aliphatic heterocycles. The number of fused-ring (bicyclic) bond motifs is 1. The molecule has 8 nitrogen and oxygen atoms in total. The van der Waals surface area contributed by atoms with Crippen LogP contribution < -0.4 is 15.7 Å². The predicted molar refractivity (Wildman–Crippen MR) is 139 cm³/mol. The van der Waals surface area contributed by atoms with E-state index in [1.54, 1.807) is 43.1 Å². The number of carbonyl (C=O) groups is 1. The van der Waals surface area contributed by atoms with E-state index in [0.29, 0.717) is 40.3 Å². The molecule has 1 aliphatic rings. The van der Waals surface area contributed by atoms with Gasteiger partial charge in [0, 0.05) is 24.8 Å². The number of nitrogens with zero attached hydrogens (tertiary/aromatic N) is 4. The fourth-order valence-corrected chi connectivity index (χ4v) is 5.17. The number of halogens is 1. The molecule has 0 atom stereocenters. The maximum atomic E-state index is 13.5. The maximum absolute atomic E-state index is 13.5. The summed E-state index contributed by atoms with van der Waals surface area (Å²) >= 11 is 6.03. The van der Waals surface area contributed by atoms with Crippen LogP contribution >= 0.6 is 11.6 Å². The summed E-state index contributed by atoms with van der Waals surface area (Å²) in [5.74, 6) is 0.707. The van der Waals surface area contributed by atoms with Gasteiger partial charge in [0.15, 0.2) is 0 Å². The summed E-state index contributed by atoms with van der Waals surface area (Å²) in [5, 5.41) is 3.58. The summed E-state index contributed by atoms with van der Waals surface area (Å²) < 4.78 is 8.73. The molecular formula is C27H28ClN5O3. The molecule has 0 bridgehead atoms. The van der Waals surface area contributed by atoms with Gasteiger partial charge in [0.2, 0.25) is 5.88 Å². The standard InChI is InChI=1S/C27H28ClN5O3/c1-17-22(13-19(28)14-29-17)26(34)31-20-9-7-18(8-10-20)16-32-23-5-3-4-6-24(23)33(27(32)35)21-11-12-25(36-2)30-15-21/h3-6,11-15,18,20H,7-10,16H2,1-2H3,(H,31,34)/t18-,20-. The number of hydrogen-bond acceptors (Lipinski definition) is 5. The number of pyridine rings is 2. The summed E-state index contributed by atoms with van der Waals surface area (Å²) in [6.45, 7) is 2.44. The van der Waals surface area contributed by atoms with Crippen molar-refractivity contribution in [1.82, 2.24) is 24.4 Å². The van der Waals surface area contributed by atoms with Crippen LogP contribution in [0.4, 0.5) is 0 Å². The van der Waals surface area contributed by atoms with Crippen molar-refractivity contribution in [3.8, 4) is 11.6 Å². The van der Waals surface area contributed by atoms with Gasteiger partial charge in [-0.1, -0.05) is 23.7 Å². The monoisotopic (exact) mass is 505 g/mol. The number of benzene rings is 1. The van der Waals surface area contributed by atoms with Crippen molar-refractivity contribution in [2.75, 3.05) is 7.11 Å². The minimum Gasteiger partial charge on any atom is -0.481 e. The number of ether oxygens (including phenoxy) is 1. The van der Waals surface area contributed by atoms with Crippen LogP contribution in [-0.4, -0.2) is 38.2 Å². The highest BCUT2D eigenvalue weighted by atomic mass is 35.5. The number of imidazole rings is 1. The van der Waals surface area contributed by atoms with E-state index in [-0.39, 0.29) is 17.6 Å². The highest BCUT2D eigenvalue weighted by Gasteiger charge is 2.25. The summed E-state index contributed by atoms with van der Waals surface area (Å²) in [6, 6.07) is 13.2. The van der Waals surface area contributed by atoms with Crippen LogP contribution in [0.15, 0.2) is 59.7 Å². The van der Waals surface area contributed by atoms with Crippen LogP contribution in [0.3, 0.4) is 0 Å². The molecule has 0 spiro atoms. The van der Waals surface area contributed by atoms with E-state index < -0.39 is 0 Å². The van der Waals surface area contributed by atoms with Gasteiger partial charge in [-0.05, 0) is 62.8 Å². The van der Waals surface area contributed by atoms with Gasteiger partial charge in [-0.15, -0.1) is 0 Å². The van der Waals surface area contributed by atoms with Crippen LogP contribution in [0.2, 0.25) is 5.02 Å². The second kappa shape index (κ2) is 10.1. The van der Waals surface area contributed by atoms with Gasteiger partial charge in [-0.2, -0.15) is 0 Å². The minimum atomic E-state index is -0.140. The van der Waals surface area contributed by atoms with Crippen molar-refractivity contribution >= 4 is 28.5 Å². The van der Waals surface area contributed by atoms with Crippen LogP contribution in [0.25, 0.3) is 16.7 Å². The Morgan fingerprint density at radius 3 is 2.53 bits per heavy atom. The molecule has 0 saturated heterocycles. The quantitative estimate of drug-likeness (QED) is 0.415. The van der Waals surface area contributed by atoms with Gasteiger partial charge in [-0.3, -0.25) is 18.9 Å². The first-order valence-corrected chi connectivity index (χ1v) is 12.5. The third kappa shape index (κ3) is 4.73. The van der Waals surface area contributed by atoms with E-state index in [9.17, 15) is 9.59 Å². The molecule has 36 heavy (non-hydrogen) atoms. The summed E-state index contributed by atoms with van der Waals surface area (Å²) in [6.07, 6.45) is 6.77. The molecular weight excluding hydrogens is 478 g/mol. The SMILES string of the molecule is COc1ccc(-n2c(=O)n(C[C@H]3CC[C@H](NC(=O)c4cc(Cl)cnc4C)CC3)c3ccccc32)cn1. The lowest BCUT2D eigenvalue weighted by Gasteiger charge is -2.29. The van der Waals surface area contributed by atoms with Crippen molar-refractivity contribution < 1.29 is 9.53 Å². The number of carbonyl (C=O) groups excluding carboxylic acids is 1. The second-order valence-corrected chi connectivity index (χ2v) is 9.69. The number of para-hydroxylation sites is 2. The highest BCUT2D eigenvalue weighted by Crippen LogP contribution is 2.28. The number of aryl methyl sites for hydroxylation is 1. The Balaban J connectivity index is 1.30. The number of rotatable bonds is 6. The lowest BCUT2D eigenvalue weighted by Crippen LogP contribution is -2.39. The highest BCUT2D eigenvalue weighted by molar-refractivity contribution is 6.30. The lowest BCUT2D eigenvalue weighted by molar-refractivity contribution is 0.0919. The third-order valence-corrected chi connectivity index (χ3v) is 7.15.